The van der Waals surface area contributed by atoms with E-state index < -0.39 is 6.09 Å². The highest BCUT2D eigenvalue weighted by Gasteiger charge is 2.24. The van der Waals surface area contributed by atoms with E-state index in [-0.39, 0.29) is 24.8 Å². The third-order valence-corrected chi connectivity index (χ3v) is 7.41. The maximum Gasteiger partial charge on any atom is 0.410 e. The van der Waals surface area contributed by atoms with Gasteiger partial charge in [-0.05, 0) is 55.2 Å². The van der Waals surface area contributed by atoms with E-state index in [1.165, 1.54) is 0 Å². The first-order valence-electron chi connectivity index (χ1n) is 15.3. The molecule has 3 N–H and O–H groups in total. The Morgan fingerprint density at radius 3 is 2.67 bits per heavy atom. The molecule has 0 aliphatic carbocycles. The maximum absolute atomic E-state index is 13.3. The first-order valence-corrected chi connectivity index (χ1v) is 15.3. The monoisotopic (exact) mass is 610 g/mol. The quantitative estimate of drug-likeness (QED) is 0.303. The fourth-order valence-electron chi connectivity index (χ4n) is 5.19. The van der Waals surface area contributed by atoms with Crippen molar-refractivity contribution < 1.29 is 19.1 Å². The third-order valence-electron chi connectivity index (χ3n) is 7.41. The minimum atomic E-state index is -0.400. The number of benzene rings is 1. The topological polar surface area (TPSA) is 130 Å². The van der Waals surface area contributed by atoms with Crippen LogP contribution in [-0.2, 0) is 22.5 Å². The molecule has 2 aromatic rings. The molecule has 1 aromatic carbocycles. The predicted molar refractivity (Wildman–Crippen MR) is 178 cm³/mol. The number of nitrogens with zero attached hydrogens (tertiary/aromatic N) is 4. The number of nitrogens with one attached hydrogen (secondary N) is 1. The number of allylic oxidation sites excluding steroid dienone is 4. The van der Waals surface area contributed by atoms with Gasteiger partial charge in [0.05, 0.1) is 24.1 Å². The van der Waals surface area contributed by atoms with Gasteiger partial charge in [-0.25, -0.2) is 9.79 Å². The first kappa shape index (κ1) is 32.9. The average molecular weight is 611 g/mol. The number of rotatable bonds is 11. The Kier molecular flexibility index (Phi) is 11.4. The van der Waals surface area contributed by atoms with Gasteiger partial charge in [-0.3, -0.25) is 14.6 Å². The van der Waals surface area contributed by atoms with Crippen LogP contribution >= 0.6 is 0 Å². The lowest BCUT2D eigenvalue weighted by molar-refractivity contribution is -0.127. The van der Waals surface area contributed by atoms with E-state index in [0.717, 1.165) is 35.2 Å². The molecule has 0 radical (unpaired) electrons. The summed E-state index contributed by atoms with van der Waals surface area (Å²) >= 11 is 0. The molecule has 0 atom stereocenters. The molecule has 2 aliphatic rings. The molecule has 0 bridgehead atoms. The number of anilines is 1. The van der Waals surface area contributed by atoms with Gasteiger partial charge in [0.1, 0.15) is 12.4 Å². The number of aromatic nitrogens is 1. The highest BCUT2D eigenvalue weighted by atomic mass is 16.6. The zero-order chi connectivity index (χ0) is 32.3. The van der Waals surface area contributed by atoms with Gasteiger partial charge in [0.15, 0.2) is 0 Å². The number of amides is 3. The number of hydrogen-bond acceptors (Lipinski definition) is 7. The van der Waals surface area contributed by atoms with Crippen LogP contribution < -0.4 is 11.1 Å². The number of ether oxygens (including phenoxy) is 1. The number of amidine groups is 1. The zero-order valence-electron chi connectivity index (χ0n) is 26.3. The number of carbonyl (C=O) groups is 3. The number of nitrogens with two attached hydrogens (primary N) is 1. The molecule has 0 fully saturated rings. The van der Waals surface area contributed by atoms with Crippen LogP contribution in [0.15, 0.2) is 77.5 Å². The van der Waals surface area contributed by atoms with Gasteiger partial charge >= 0.3 is 6.09 Å². The predicted octanol–water partition coefficient (Wildman–Crippen LogP) is 5.94. The second-order valence-corrected chi connectivity index (χ2v) is 11.2. The van der Waals surface area contributed by atoms with Crippen molar-refractivity contribution in [2.75, 3.05) is 31.6 Å². The summed E-state index contributed by atoms with van der Waals surface area (Å²) in [7, 11) is 0. The molecular weight excluding hydrogens is 568 g/mol. The van der Waals surface area contributed by atoms with Gasteiger partial charge < -0.3 is 25.6 Å². The average Bonchev–Trinajstić information content (AvgIpc) is 3.20. The maximum atomic E-state index is 13.3. The summed E-state index contributed by atoms with van der Waals surface area (Å²) in [5.74, 6) is -0.0619. The number of hydrogen-bond donors (Lipinski definition) is 2. The van der Waals surface area contributed by atoms with E-state index in [1.54, 1.807) is 41.4 Å². The fourth-order valence-corrected chi connectivity index (χ4v) is 5.19. The second kappa shape index (κ2) is 15.7. The zero-order valence-corrected chi connectivity index (χ0v) is 26.3. The van der Waals surface area contributed by atoms with E-state index in [9.17, 15) is 14.4 Å². The number of pyridine rings is 1. The van der Waals surface area contributed by atoms with Crippen molar-refractivity contribution >= 4 is 41.2 Å². The lowest BCUT2D eigenvalue weighted by Crippen LogP contribution is -2.37. The van der Waals surface area contributed by atoms with Crippen LogP contribution in [0.1, 0.15) is 67.2 Å². The molecule has 45 heavy (non-hydrogen) atoms. The highest BCUT2D eigenvalue weighted by Crippen LogP contribution is 2.29. The molecule has 1 aromatic heterocycles. The summed E-state index contributed by atoms with van der Waals surface area (Å²) in [6, 6.07) is 6.99. The van der Waals surface area contributed by atoms with Crippen molar-refractivity contribution in [3.63, 3.8) is 0 Å². The van der Waals surface area contributed by atoms with Crippen LogP contribution in [-0.4, -0.2) is 64.8 Å². The van der Waals surface area contributed by atoms with E-state index in [2.05, 4.69) is 21.9 Å². The molecule has 0 unspecified atom stereocenters. The molecule has 0 saturated carbocycles. The lowest BCUT2D eigenvalue weighted by atomic mass is 10.0. The molecule has 3 heterocycles. The molecule has 4 rings (SSSR count). The van der Waals surface area contributed by atoms with E-state index >= 15 is 0 Å². The lowest BCUT2D eigenvalue weighted by Gasteiger charge is -2.28. The van der Waals surface area contributed by atoms with Crippen molar-refractivity contribution in [1.82, 2.24) is 14.8 Å². The van der Waals surface area contributed by atoms with Crippen molar-refractivity contribution in [3.05, 3.63) is 94.9 Å². The smallest absolute Gasteiger partial charge is 0.410 e. The van der Waals surface area contributed by atoms with E-state index in [1.807, 2.05) is 50.0 Å². The van der Waals surface area contributed by atoms with Crippen molar-refractivity contribution in [2.24, 2.45) is 10.7 Å². The van der Waals surface area contributed by atoms with Gasteiger partial charge in [-0.2, -0.15) is 0 Å². The van der Waals surface area contributed by atoms with E-state index in [4.69, 9.17) is 10.5 Å². The summed E-state index contributed by atoms with van der Waals surface area (Å²) in [6.45, 7) is 12.0. The molecule has 0 spiro atoms. The molecule has 236 valence electrons. The van der Waals surface area contributed by atoms with Crippen molar-refractivity contribution in [1.29, 1.82) is 0 Å². The van der Waals surface area contributed by atoms with Crippen molar-refractivity contribution in [3.8, 4) is 0 Å². The standard InChI is InChI=1S/C35H42N6O4/c1-5-8-9-10-24(4)23-45-35(44)41-16-13-30-28(22-41)18-29(21-37-30)38-33(42)26-12-11-25-17-27(20-32(36)39-31(25)19-26)34(43)40(14-6-2)15-7-3/h5,8-12,17-19,21H,1,6-7,13-16,20,22-23H2,2-4H3,(H2,36,39)(H,38,42)/b9-8-,24-10+. The SMILES string of the molecule is C=C/C=C\C=C(/C)COC(=O)N1CCc2ncc(NC(=O)c3ccc4c(c3)N=C(N)CC(C(=O)N(CCC)CCC)=C4)cc2C1. The summed E-state index contributed by atoms with van der Waals surface area (Å²) in [5, 5.41) is 2.91. The number of aliphatic imine (C=N–C) groups is 1. The summed E-state index contributed by atoms with van der Waals surface area (Å²) in [5.41, 5.74) is 11.6. The van der Waals surface area contributed by atoms with Gasteiger partial charge in [-0.1, -0.05) is 50.8 Å². The Morgan fingerprint density at radius 2 is 1.93 bits per heavy atom. The summed E-state index contributed by atoms with van der Waals surface area (Å²) < 4.78 is 5.48. The molecule has 3 amide bonds. The van der Waals surface area contributed by atoms with Crippen LogP contribution in [0, 0.1) is 0 Å². The molecule has 0 saturated heterocycles. The van der Waals surface area contributed by atoms with Crippen LogP contribution in [0.5, 0.6) is 0 Å². The Hall–Kier alpha value is -4.99. The van der Waals surface area contributed by atoms with Crippen LogP contribution in [0.4, 0.5) is 16.2 Å². The Balaban J connectivity index is 1.44. The van der Waals surface area contributed by atoms with Crippen LogP contribution in [0.2, 0.25) is 0 Å². The normalized spacial score (nSPS) is 14.5. The summed E-state index contributed by atoms with van der Waals surface area (Å²) in [4.78, 5) is 51.8. The van der Waals surface area contributed by atoms with Crippen LogP contribution in [0.3, 0.4) is 0 Å². The van der Waals surface area contributed by atoms with Gasteiger partial charge in [-0.15, -0.1) is 0 Å². The van der Waals surface area contributed by atoms with Crippen LogP contribution in [0.25, 0.3) is 6.08 Å². The minimum Gasteiger partial charge on any atom is -0.445 e. The minimum absolute atomic E-state index is 0.0399. The number of carbonyl (C=O) groups excluding carboxylic acids is 3. The largest absolute Gasteiger partial charge is 0.445 e. The van der Waals surface area contributed by atoms with Gasteiger partial charge in [0.2, 0.25) is 5.91 Å². The summed E-state index contributed by atoms with van der Waals surface area (Å²) in [6.07, 6.45) is 12.8. The Labute approximate surface area is 265 Å². The second-order valence-electron chi connectivity index (χ2n) is 11.2. The first-order chi connectivity index (χ1) is 21.7. The fraction of sp³-hybridized carbons (Fsp3) is 0.343. The van der Waals surface area contributed by atoms with Gasteiger partial charge in [0, 0.05) is 54.9 Å². The molecule has 10 heteroatoms. The van der Waals surface area contributed by atoms with Crippen molar-refractivity contribution in [2.45, 2.75) is 53.0 Å². The van der Waals surface area contributed by atoms with E-state index in [0.29, 0.717) is 60.9 Å². The van der Waals surface area contributed by atoms with Gasteiger partial charge in [0.25, 0.3) is 5.91 Å². The molecule has 10 nitrogen and oxygen atoms in total. The third kappa shape index (κ3) is 8.78. The Bertz CT molecular complexity index is 1570. The number of fused-ring (bicyclic) bond motifs is 2. The Morgan fingerprint density at radius 1 is 1.16 bits per heavy atom. The molecule has 2 aliphatic heterocycles. The highest BCUT2D eigenvalue weighted by molar-refractivity contribution is 6.08. The molecular formula is C35H42N6O4.